The van der Waals surface area contributed by atoms with Crippen LogP contribution in [0.1, 0.15) is 37.8 Å². The maximum Gasteiger partial charge on any atom is 0.417 e. The molecule has 0 saturated carbocycles. The van der Waals surface area contributed by atoms with E-state index in [1.165, 1.54) is 6.07 Å². The Kier molecular flexibility index (Phi) is 4.43. The van der Waals surface area contributed by atoms with E-state index in [4.69, 9.17) is 14.7 Å². The van der Waals surface area contributed by atoms with Crippen molar-refractivity contribution in [3.05, 3.63) is 29.3 Å². The minimum Gasteiger partial charge on any atom is -0.490 e. The second kappa shape index (κ2) is 5.94. The average Bonchev–Trinajstić information content (AvgIpc) is 2.36. The number of benzene rings is 1. The number of rotatable bonds is 2. The van der Waals surface area contributed by atoms with Gasteiger partial charge in [-0.25, -0.2) is 0 Å². The highest BCUT2D eigenvalue weighted by Crippen LogP contribution is 2.34. The van der Waals surface area contributed by atoms with E-state index >= 15 is 0 Å². The van der Waals surface area contributed by atoms with Crippen LogP contribution in [0.2, 0.25) is 0 Å². The highest BCUT2D eigenvalue weighted by atomic mass is 19.4. The normalized spacial score (nSPS) is 26.2. The molecule has 0 N–H and O–H groups in total. The zero-order valence-corrected chi connectivity index (χ0v) is 11.8. The van der Waals surface area contributed by atoms with Gasteiger partial charge in [-0.05, 0) is 32.0 Å². The van der Waals surface area contributed by atoms with Crippen molar-refractivity contribution in [1.29, 1.82) is 5.26 Å². The van der Waals surface area contributed by atoms with Crippen molar-refractivity contribution >= 4 is 0 Å². The predicted molar refractivity (Wildman–Crippen MR) is 69.8 cm³/mol. The molecule has 1 aromatic rings. The molecule has 114 valence electrons. The van der Waals surface area contributed by atoms with Gasteiger partial charge in [0.2, 0.25) is 0 Å². The van der Waals surface area contributed by atoms with Crippen LogP contribution in [0, 0.1) is 11.3 Å². The van der Waals surface area contributed by atoms with Crippen LogP contribution in [0.25, 0.3) is 0 Å². The summed E-state index contributed by atoms with van der Waals surface area (Å²) in [5.41, 5.74) is -1.36. The molecule has 2 atom stereocenters. The van der Waals surface area contributed by atoms with E-state index in [1.807, 2.05) is 13.8 Å². The number of hydrogen-bond acceptors (Lipinski definition) is 3. The van der Waals surface area contributed by atoms with Gasteiger partial charge in [0, 0.05) is 12.8 Å². The van der Waals surface area contributed by atoms with Crippen molar-refractivity contribution in [2.24, 2.45) is 0 Å². The van der Waals surface area contributed by atoms with Crippen LogP contribution in [0.3, 0.4) is 0 Å². The fraction of sp³-hybridized carbons (Fsp3) is 0.533. The van der Waals surface area contributed by atoms with Gasteiger partial charge in [-0.15, -0.1) is 0 Å². The van der Waals surface area contributed by atoms with Gasteiger partial charge >= 0.3 is 6.18 Å². The zero-order chi connectivity index (χ0) is 15.6. The molecule has 1 aromatic carbocycles. The highest BCUT2D eigenvalue weighted by molar-refractivity contribution is 5.44. The van der Waals surface area contributed by atoms with Crippen LogP contribution in [-0.4, -0.2) is 18.3 Å². The highest BCUT2D eigenvalue weighted by Gasteiger charge is 2.34. The first kappa shape index (κ1) is 15.6. The third-order valence-electron chi connectivity index (χ3n) is 3.37. The van der Waals surface area contributed by atoms with E-state index < -0.39 is 17.3 Å². The summed E-state index contributed by atoms with van der Waals surface area (Å²) in [5, 5.41) is 8.87. The van der Waals surface area contributed by atoms with Gasteiger partial charge in [0.25, 0.3) is 0 Å². The lowest BCUT2D eigenvalue weighted by atomic mass is 10.0. The fourth-order valence-corrected chi connectivity index (χ4v) is 2.57. The quantitative estimate of drug-likeness (QED) is 0.831. The third kappa shape index (κ3) is 3.88. The lowest BCUT2D eigenvalue weighted by molar-refractivity contribution is -0.137. The maximum atomic E-state index is 12.7. The Labute approximate surface area is 121 Å². The minimum atomic E-state index is -4.54. The van der Waals surface area contributed by atoms with Crippen molar-refractivity contribution in [2.45, 2.75) is 51.2 Å². The van der Waals surface area contributed by atoms with Crippen LogP contribution < -0.4 is 4.74 Å². The molecule has 21 heavy (non-hydrogen) atoms. The molecule has 1 aliphatic heterocycles. The van der Waals surface area contributed by atoms with Crippen LogP contribution in [-0.2, 0) is 10.9 Å². The zero-order valence-electron chi connectivity index (χ0n) is 11.8. The van der Waals surface area contributed by atoms with Crippen LogP contribution in [0.4, 0.5) is 13.2 Å². The number of alkyl halides is 3. The van der Waals surface area contributed by atoms with E-state index in [-0.39, 0.29) is 24.1 Å². The third-order valence-corrected chi connectivity index (χ3v) is 3.37. The van der Waals surface area contributed by atoms with Crippen molar-refractivity contribution in [3.63, 3.8) is 0 Å². The van der Waals surface area contributed by atoms with E-state index in [0.717, 1.165) is 12.1 Å². The van der Waals surface area contributed by atoms with Gasteiger partial charge in [-0.2, -0.15) is 18.4 Å². The molecule has 0 spiro atoms. The van der Waals surface area contributed by atoms with Gasteiger partial charge < -0.3 is 9.47 Å². The largest absolute Gasteiger partial charge is 0.490 e. The molecule has 0 amide bonds. The molecule has 0 radical (unpaired) electrons. The first-order valence-corrected chi connectivity index (χ1v) is 6.73. The molecule has 0 aliphatic carbocycles. The van der Waals surface area contributed by atoms with Crippen LogP contribution in [0.5, 0.6) is 5.75 Å². The number of nitrogens with zero attached hydrogens (tertiary/aromatic N) is 1. The van der Waals surface area contributed by atoms with E-state index in [9.17, 15) is 13.2 Å². The molecule has 1 fully saturated rings. The lowest BCUT2D eigenvalue weighted by Gasteiger charge is -2.32. The summed E-state index contributed by atoms with van der Waals surface area (Å²) in [4.78, 5) is 0. The molecule has 6 heteroatoms. The molecule has 0 bridgehead atoms. The first-order valence-electron chi connectivity index (χ1n) is 6.73. The Bertz CT molecular complexity index is 541. The Morgan fingerprint density at radius 2 is 1.86 bits per heavy atom. The summed E-state index contributed by atoms with van der Waals surface area (Å²) in [5.74, 6) is 0.283. The molecule has 0 aromatic heterocycles. The Morgan fingerprint density at radius 1 is 1.24 bits per heavy atom. The fourth-order valence-electron chi connectivity index (χ4n) is 2.57. The standard InChI is InChI=1S/C15H16F3NO2/c1-9-5-13(6-10(2)20-9)21-12-3-4-14(15(16,17)18)11(7-12)8-19/h3-4,7,9-10,13H,5-6H2,1-2H3. The SMILES string of the molecule is CC1CC(Oc2ccc(C(F)(F)F)c(C#N)c2)CC(C)O1. The minimum absolute atomic E-state index is 0.0450. The topological polar surface area (TPSA) is 42.2 Å². The first-order chi connectivity index (χ1) is 9.79. The van der Waals surface area contributed by atoms with Gasteiger partial charge in [-0.3, -0.25) is 0 Å². The number of ether oxygens (including phenoxy) is 2. The van der Waals surface area contributed by atoms with Gasteiger partial charge in [-0.1, -0.05) is 0 Å². The Morgan fingerprint density at radius 3 is 2.38 bits per heavy atom. The Hall–Kier alpha value is -1.74. The van der Waals surface area contributed by atoms with E-state index in [0.29, 0.717) is 12.8 Å². The van der Waals surface area contributed by atoms with Gasteiger partial charge in [0.15, 0.2) is 0 Å². The molecule has 2 unspecified atom stereocenters. The molecular formula is C15H16F3NO2. The van der Waals surface area contributed by atoms with Crippen molar-refractivity contribution in [3.8, 4) is 11.8 Å². The monoisotopic (exact) mass is 299 g/mol. The molecular weight excluding hydrogens is 283 g/mol. The van der Waals surface area contributed by atoms with E-state index in [1.54, 1.807) is 6.07 Å². The van der Waals surface area contributed by atoms with Crippen molar-refractivity contribution < 1.29 is 22.6 Å². The number of halogens is 3. The van der Waals surface area contributed by atoms with Crippen molar-refractivity contribution in [1.82, 2.24) is 0 Å². The summed E-state index contributed by atoms with van der Waals surface area (Å²) in [6.45, 7) is 3.86. The summed E-state index contributed by atoms with van der Waals surface area (Å²) < 4.78 is 49.4. The molecule has 3 nitrogen and oxygen atoms in total. The predicted octanol–water partition coefficient (Wildman–Crippen LogP) is 3.91. The summed E-state index contributed by atoms with van der Waals surface area (Å²) >= 11 is 0. The van der Waals surface area contributed by atoms with Crippen molar-refractivity contribution in [2.75, 3.05) is 0 Å². The Balaban J connectivity index is 2.17. The summed E-state index contributed by atoms with van der Waals surface area (Å²) in [6, 6.07) is 4.87. The molecule has 1 heterocycles. The van der Waals surface area contributed by atoms with Gasteiger partial charge in [0.1, 0.15) is 11.9 Å². The smallest absolute Gasteiger partial charge is 0.417 e. The summed E-state index contributed by atoms with van der Waals surface area (Å²) in [7, 11) is 0. The molecule has 1 saturated heterocycles. The number of nitriles is 1. The average molecular weight is 299 g/mol. The van der Waals surface area contributed by atoms with Gasteiger partial charge in [0.05, 0.1) is 29.4 Å². The lowest BCUT2D eigenvalue weighted by Crippen LogP contribution is -2.35. The molecule has 2 rings (SSSR count). The maximum absolute atomic E-state index is 12.7. The second-order valence-corrected chi connectivity index (χ2v) is 5.29. The van der Waals surface area contributed by atoms with Crippen LogP contribution >= 0.6 is 0 Å². The number of hydrogen-bond donors (Lipinski definition) is 0. The van der Waals surface area contributed by atoms with E-state index in [2.05, 4.69) is 0 Å². The molecule has 1 aliphatic rings. The second-order valence-electron chi connectivity index (χ2n) is 5.29. The van der Waals surface area contributed by atoms with Crippen LogP contribution in [0.15, 0.2) is 18.2 Å². The summed E-state index contributed by atoms with van der Waals surface area (Å²) in [6.07, 6.45) is -3.22.